The summed E-state index contributed by atoms with van der Waals surface area (Å²) < 4.78 is 14.4. The Morgan fingerprint density at radius 3 is 2.72 bits per heavy atom. The molecule has 0 spiro atoms. The molecule has 2 aromatic rings. The average molecular weight is 492 g/mol. The molecule has 10 nitrogen and oxygen atoms in total. The van der Waals surface area contributed by atoms with E-state index in [-0.39, 0.29) is 19.3 Å². The van der Waals surface area contributed by atoms with Crippen LogP contribution in [0.4, 0.5) is 11.4 Å². The number of carbonyl (C=O) groups is 3. The minimum Gasteiger partial charge on any atom is -0.480 e. The van der Waals surface area contributed by atoms with Crippen LogP contribution < -0.4 is 29.7 Å². The number of ether oxygens (including phenoxy) is 2. The minimum atomic E-state index is -0.593. The van der Waals surface area contributed by atoms with Gasteiger partial charge in [0.15, 0.2) is 23.8 Å². The van der Waals surface area contributed by atoms with Gasteiger partial charge in [-0.1, -0.05) is 0 Å². The highest BCUT2D eigenvalue weighted by molar-refractivity contribution is 6.01. The molecule has 1 fully saturated rings. The normalized spacial score (nSPS) is 17.5. The molecule has 4 heterocycles. The van der Waals surface area contributed by atoms with Crippen LogP contribution in [0.5, 0.6) is 17.2 Å². The quantitative estimate of drug-likeness (QED) is 0.380. The van der Waals surface area contributed by atoms with E-state index in [4.69, 9.17) is 19.3 Å². The Hall–Kier alpha value is -3.95. The van der Waals surface area contributed by atoms with Gasteiger partial charge in [0.2, 0.25) is 5.36 Å². The predicted molar refractivity (Wildman–Crippen MR) is 128 cm³/mol. The molecule has 0 N–H and O–H groups in total. The molecule has 0 saturated carbocycles. The maximum Gasteiger partial charge on any atom is 0.333 e. The summed E-state index contributed by atoms with van der Waals surface area (Å²) in [5, 5.41) is 2.21. The van der Waals surface area contributed by atoms with Crippen molar-refractivity contribution in [3.8, 4) is 17.2 Å². The van der Waals surface area contributed by atoms with E-state index in [2.05, 4.69) is 28.5 Å². The highest BCUT2D eigenvalue weighted by Crippen LogP contribution is 2.41. The first-order valence-electron chi connectivity index (χ1n) is 12.4. The number of amides is 2. The van der Waals surface area contributed by atoms with Crippen molar-refractivity contribution in [2.45, 2.75) is 39.0 Å². The number of likely N-dealkylation sites (N-methyl/N-ethyl adjacent to an activating group) is 1. The van der Waals surface area contributed by atoms with Crippen molar-refractivity contribution in [3.05, 3.63) is 40.5 Å². The largest absolute Gasteiger partial charge is 0.480 e. The Balaban J connectivity index is 1.21. The molecular weight excluding hydrogens is 464 g/mol. The highest BCUT2D eigenvalue weighted by atomic mass is 16.7. The monoisotopic (exact) mass is 491 g/mol. The van der Waals surface area contributed by atoms with Crippen LogP contribution in [-0.2, 0) is 25.6 Å². The topological polar surface area (TPSA) is 101 Å². The SMILES string of the molecule is CCN1CCc2cc3c(cc21)Oc1cc2c(cc1=N3)OCC[N+]=2CCCC(=O)ON1C(=O)CCC1=O. The fourth-order valence-electron chi connectivity index (χ4n) is 5.13. The molecule has 4 aliphatic heterocycles. The maximum absolute atomic E-state index is 12.2. The van der Waals surface area contributed by atoms with Gasteiger partial charge in [-0.15, -0.1) is 5.06 Å². The first kappa shape index (κ1) is 22.5. The van der Waals surface area contributed by atoms with Gasteiger partial charge in [-0.2, -0.15) is 0 Å². The molecule has 0 aliphatic carbocycles. The van der Waals surface area contributed by atoms with Gasteiger partial charge in [0, 0.05) is 50.2 Å². The molecule has 10 heteroatoms. The first-order chi connectivity index (χ1) is 17.5. The number of rotatable bonds is 6. The number of carbonyl (C=O) groups excluding carboxylic acids is 3. The number of hydroxylamine groups is 2. The molecular formula is C26H27N4O6+. The number of hydrogen-bond donors (Lipinski definition) is 0. The molecule has 186 valence electrons. The van der Waals surface area contributed by atoms with Crippen molar-refractivity contribution in [3.63, 3.8) is 0 Å². The molecule has 36 heavy (non-hydrogen) atoms. The lowest BCUT2D eigenvalue weighted by atomic mass is 10.1. The van der Waals surface area contributed by atoms with Crippen LogP contribution in [0.2, 0.25) is 0 Å². The standard InChI is InChI=1S/C26H27N4O6/c1-2-28-9-7-16-12-17-21(14-19(16)28)35-22-15-20-23(13-18(22)27-17)34-11-10-29(20)8-3-4-26(33)36-30-24(31)5-6-25(30)32/h12-15H,2-11H2,1H3/q+1. The Labute approximate surface area is 207 Å². The Kier molecular flexibility index (Phi) is 5.58. The van der Waals surface area contributed by atoms with E-state index in [0.29, 0.717) is 36.9 Å². The Bertz CT molecular complexity index is 1400. The molecule has 4 aliphatic rings. The van der Waals surface area contributed by atoms with Crippen molar-refractivity contribution < 1.29 is 28.7 Å². The first-order valence-corrected chi connectivity index (χ1v) is 12.4. The third-order valence-corrected chi connectivity index (χ3v) is 7.00. The lowest BCUT2D eigenvalue weighted by Crippen LogP contribution is -2.41. The molecule has 1 saturated heterocycles. The second-order valence-corrected chi connectivity index (χ2v) is 9.26. The Morgan fingerprint density at radius 1 is 1.08 bits per heavy atom. The van der Waals surface area contributed by atoms with Crippen LogP contribution in [0.25, 0.3) is 0 Å². The van der Waals surface area contributed by atoms with E-state index in [1.807, 2.05) is 12.1 Å². The molecule has 2 aromatic carbocycles. The van der Waals surface area contributed by atoms with Gasteiger partial charge < -0.3 is 19.2 Å². The van der Waals surface area contributed by atoms with E-state index >= 15 is 0 Å². The Morgan fingerprint density at radius 2 is 1.92 bits per heavy atom. The zero-order valence-corrected chi connectivity index (χ0v) is 20.1. The predicted octanol–water partition coefficient (Wildman–Crippen LogP) is 1.40. The van der Waals surface area contributed by atoms with Crippen molar-refractivity contribution >= 4 is 29.2 Å². The van der Waals surface area contributed by atoms with Crippen molar-refractivity contribution in [1.29, 1.82) is 0 Å². The van der Waals surface area contributed by atoms with Gasteiger partial charge in [-0.05, 0) is 25.0 Å². The molecule has 0 atom stereocenters. The number of fused-ring (bicyclic) bond motifs is 4. The van der Waals surface area contributed by atoms with E-state index in [1.165, 1.54) is 11.3 Å². The summed E-state index contributed by atoms with van der Waals surface area (Å²) in [7, 11) is 0. The molecule has 0 radical (unpaired) electrons. The summed E-state index contributed by atoms with van der Waals surface area (Å²) >= 11 is 0. The second-order valence-electron chi connectivity index (χ2n) is 9.26. The van der Waals surface area contributed by atoms with E-state index < -0.39 is 17.8 Å². The number of hydrogen-bond acceptors (Lipinski definition) is 8. The van der Waals surface area contributed by atoms with Gasteiger partial charge in [0.25, 0.3) is 11.8 Å². The molecule has 2 amide bonds. The van der Waals surface area contributed by atoms with Crippen LogP contribution in [0, 0.1) is 0 Å². The fraction of sp³-hybridized carbons (Fsp3) is 0.423. The van der Waals surface area contributed by atoms with Crippen molar-refractivity contribution in [2.75, 3.05) is 37.7 Å². The van der Waals surface area contributed by atoms with Crippen molar-refractivity contribution in [2.24, 2.45) is 4.99 Å². The van der Waals surface area contributed by atoms with Gasteiger partial charge in [0.1, 0.15) is 24.2 Å². The molecule has 0 bridgehead atoms. The lowest BCUT2D eigenvalue weighted by Gasteiger charge is -2.20. The summed E-state index contributed by atoms with van der Waals surface area (Å²) in [4.78, 5) is 47.6. The summed E-state index contributed by atoms with van der Waals surface area (Å²) in [5.41, 5.74) is 3.34. The third-order valence-electron chi connectivity index (χ3n) is 7.00. The van der Waals surface area contributed by atoms with Gasteiger partial charge in [-0.25, -0.2) is 14.4 Å². The van der Waals surface area contributed by atoms with Crippen molar-refractivity contribution in [1.82, 2.24) is 9.64 Å². The summed E-state index contributed by atoms with van der Waals surface area (Å²) in [5.74, 6) is 0.607. The summed E-state index contributed by atoms with van der Waals surface area (Å²) in [6.45, 7) is 5.88. The van der Waals surface area contributed by atoms with E-state index in [9.17, 15) is 14.4 Å². The molecule has 0 unspecified atom stereocenters. The van der Waals surface area contributed by atoms with E-state index in [0.717, 1.165) is 47.4 Å². The zero-order valence-electron chi connectivity index (χ0n) is 20.1. The molecule has 0 aromatic heterocycles. The minimum absolute atomic E-state index is 0.0825. The van der Waals surface area contributed by atoms with Gasteiger partial charge in [-0.3, -0.25) is 9.59 Å². The zero-order chi connectivity index (χ0) is 24.8. The van der Waals surface area contributed by atoms with Crippen LogP contribution in [0.3, 0.4) is 0 Å². The van der Waals surface area contributed by atoms with Gasteiger partial charge >= 0.3 is 5.97 Å². The highest BCUT2D eigenvalue weighted by Gasteiger charge is 2.33. The second kappa shape index (κ2) is 8.92. The number of benzene rings is 2. The summed E-state index contributed by atoms with van der Waals surface area (Å²) in [6, 6.07) is 8.06. The maximum atomic E-state index is 12.2. The van der Waals surface area contributed by atoms with E-state index in [1.54, 1.807) is 0 Å². The number of anilines is 1. The smallest absolute Gasteiger partial charge is 0.333 e. The van der Waals surface area contributed by atoms with Crippen LogP contribution in [0.15, 0.2) is 29.3 Å². The van der Waals surface area contributed by atoms with Gasteiger partial charge in [0.05, 0.1) is 12.5 Å². The summed E-state index contributed by atoms with van der Waals surface area (Å²) in [6.07, 6.45) is 1.77. The van der Waals surface area contributed by atoms with Crippen LogP contribution in [0.1, 0.15) is 38.2 Å². The third kappa shape index (κ3) is 3.96. The number of nitrogens with zero attached hydrogens (tertiary/aromatic N) is 4. The van der Waals surface area contributed by atoms with Crippen LogP contribution in [-0.4, -0.2) is 55.6 Å². The van der Waals surface area contributed by atoms with Crippen LogP contribution >= 0.6 is 0 Å². The molecule has 6 rings (SSSR count). The number of imide groups is 1. The fourth-order valence-corrected chi connectivity index (χ4v) is 5.13. The average Bonchev–Trinajstić information content (AvgIpc) is 3.42. The lowest BCUT2D eigenvalue weighted by molar-refractivity contribution is -0.197.